The minimum absolute atomic E-state index is 0.119. The molecule has 3 heterocycles. The molecule has 0 aliphatic carbocycles. The zero-order valence-electron chi connectivity index (χ0n) is 12.9. The van der Waals surface area contributed by atoms with Crippen LogP contribution in [0.3, 0.4) is 0 Å². The first-order chi connectivity index (χ1) is 11.4. The van der Waals surface area contributed by atoms with Crippen molar-refractivity contribution in [2.45, 2.75) is 18.9 Å². The van der Waals surface area contributed by atoms with Crippen LogP contribution in [-0.2, 0) is 11.2 Å². The summed E-state index contributed by atoms with van der Waals surface area (Å²) in [4.78, 5) is 11.3. The number of morpholine rings is 1. The van der Waals surface area contributed by atoms with Gasteiger partial charge in [0.2, 0.25) is 0 Å². The van der Waals surface area contributed by atoms with E-state index in [1.807, 2.05) is 35.8 Å². The zero-order chi connectivity index (χ0) is 15.5. The second-order valence-corrected chi connectivity index (χ2v) is 6.64. The number of benzene rings is 1. The van der Waals surface area contributed by atoms with Gasteiger partial charge in [0.15, 0.2) is 11.5 Å². The van der Waals surface area contributed by atoms with Crippen molar-refractivity contribution >= 4 is 22.4 Å². The summed E-state index contributed by atoms with van der Waals surface area (Å²) in [6.45, 7) is 3.70. The van der Waals surface area contributed by atoms with Crippen molar-refractivity contribution in [3.05, 3.63) is 46.7 Å². The molecule has 0 spiro atoms. The fourth-order valence-corrected chi connectivity index (χ4v) is 3.61. The molecular formula is C17H19N3O2S. The number of thiazole rings is 1. The summed E-state index contributed by atoms with van der Waals surface area (Å²) < 4.78 is 11.6. The molecule has 0 saturated carbocycles. The van der Waals surface area contributed by atoms with Gasteiger partial charge in [0, 0.05) is 31.1 Å². The third kappa shape index (κ3) is 3.44. The van der Waals surface area contributed by atoms with E-state index in [-0.39, 0.29) is 6.10 Å². The number of ether oxygens (including phenoxy) is 1. The van der Waals surface area contributed by atoms with E-state index in [9.17, 15) is 0 Å². The lowest BCUT2D eigenvalue weighted by atomic mass is 10.2. The molecule has 1 unspecified atom stereocenters. The van der Waals surface area contributed by atoms with Crippen LogP contribution < -0.4 is 0 Å². The van der Waals surface area contributed by atoms with Crippen molar-refractivity contribution in [3.8, 4) is 0 Å². The second kappa shape index (κ2) is 6.78. The molecule has 0 bridgehead atoms. The molecule has 1 aliphatic rings. The molecule has 1 atom stereocenters. The van der Waals surface area contributed by atoms with Crippen molar-refractivity contribution < 1.29 is 9.15 Å². The Labute approximate surface area is 138 Å². The second-order valence-electron chi connectivity index (χ2n) is 5.71. The average molecular weight is 329 g/mol. The third-order valence-corrected chi connectivity index (χ3v) is 4.95. The van der Waals surface area contributed by atoms with Crippen LogP contribution in [0.25, 0.3) is 11.1 Å². The number of para-hydroxylation sites is 2. The van der Waals surface area contributed by atoms with Crippen molar-refractivity contribution in [1.82, 2.24) is 14.9 Å². The maximum Gasteiger partial charge on any atom is 0.195 e. The Kier molecular flexibility index (Phi) is 4.37. The highest BCUT2D eigenvalue weighted by Crippen LogP contribution is 2.24. The van der Waals surface area contributed by atoms with Gasteiger partial charge >= 0.3 is 0 Å². The van der Waals surface area contributed by atoms with Crippen LogP contribution in [0, 0.1) is 0 Å². The average Bonchev–Trinajstić information content (AvgIpc) is 3.24. The summed E-state index contributed by atoms with van der Waals surface area (Å²) in [5, 5.41) is 3.08. The fraction of sp³-hybridized carbons (Fsp3) is 0.412. The molecule has 0 amide bonds. The van der Waals surface area contributed by atoms with Crippen LogP contribution in [-0.4, -0.2) is 41.1 Å². The summed E-state index contributed by atoms with van der Waals surface area (Å²) in [7, 11) is 0. The standard InChI is InChI=1S/C17H19N3O2S/c1-2-5-14-13(4-1)19-16(22-14)6-3-8-20-9-10-21-15(12-20)17-18-7-11-23-17/h1-2,4-5,7,11,15H,3,6,8-10,12H2. The Bertz CT molecular complexity index is 723. The highest BCUT2D eigenvalue weighted by Gasteiger charge is 2.23. The van der Waals surface area contributed by atoms with E-state index in [2.05, 4.69) is 14.9 Å². The Morgan fingerprint density at radius 1 is 1.30 bits per heavy atom. The largest absolute Gasteiger partial charge is 0.441 e. The maximum absolute atomic E-state index is 5.83. The molecule has 1 fully saturated rings. The number of aryl methyl sites for hydroxylation is 1. The first-order valence-electron chi connectivity index (χ1n) is 7.96. The van der Waals surface area contributed by atoms with Crippen LogP contribution >= 0.6 is 11.3 Å². The number of oxazole rings is 1. The molecule has 3 aromatic rings. The maximum atomic E-state index is 5.83. The molecule has 23 heavy (non-hydrogen) atoms. The highest BCUT2D eigenvalue weighted by atomic mass is 32.1. The van der Waals surface area contributed by atoms with Crippen molar-refractivity contribution in [1.29, 1.82) is 0 Å². The van der Waals surface area contributed by atoms with Gasteiger partial charge in [-0.1, -0.05) is 12.1 Å². The van der Waals surface area contributed by atoms with E-state index in [1.165, 1.54) is 0 Å². The van der Waals surface area contributed by atoms with Crippen LogP contribution in [0.5, 0.6) is 0 Å². The van der Waals surface area contributed by atoms with E-state index in [4.69, 9.17) is 9.15 Å². The van der Waals surface area contributed by atoms with Crippen molar-refractivity contribution in [3.63, 3.8) is 0 Å². The van der Waals surface area contributed by atoms with Gasteiger partial charge in [-0.05, 0) is 25.1 Å². The van der Waals surface area contributed by atoms with Crippen LogP contribution in [0.2, 0.25) is 0 Å². The van der Waals surface area contributed by atoms with Gasteiger partial charge in [0.1, 0.15) is 16.6 Å². The first kappa shape index (κ1) is 14.8. The Hall–Kier alpha value is -1.76. The number of hydrogen-bond acceptors (Lipinski definition) is 6. The van der Waals surface area contributed by atoms with Crippen LogP contribution in [0.1, 0.15) is 23.4 Å². The number of fused-ring (bicyclic) bond motifs is 1. The molecule has 4 rings (SSSR count). The molecular weight excluding hydrogens is 310 g/mol. The summed E-state index contributed by atoms with van der Waals surface area (Å²) in [6.07, 6.45) is 3.87. The van der Waals surface area contributed by atoms with Crippen molar-refractivity contribution in [2.24, 2.45) is 0 Å². The van der Waals surface area contributed by atoms with Gasteiger partial charge in [-0.15, -0.1) is 11.3 Å². The van der Waals surface area contributed by atoms with Gasteiger partial charge in [0.25, 0.3) is 0 Å². The smallest absolute Gasteiger partial charge is 0.195 e. The summed E-state index contributed by atoms with van der Waals surface area (Å²) >= 11 is 1.67. The molecule has 5 nitrogen and oxygen atoms in total. The lowest BCUT2D eigenvalue weighted by Gasteiger charge is -2.31. The van der Waals surface area contributed by atoms with Gasteiger partial charge in [-0.3, -0.25) is 4.90 Å². The Balaban J connectivity index is 1.30. The fourth-order valence-electron chi connectivity index (χ4n) is 2.93. The van der Waals surface area contributed by atoms with Gasteiger partial charge in [0.05, 0.1) is 6.61 Å². The summed E-state index contributed by atoms with van der Waals surface area (Å²) in [6, 6.07) is 7.92. The third-order valence-electron chi connectivity index (χ3n) is 4.08. The number of rotatable bonds is 5. The monoisotopic (exact) mass is 329 g/mol. The molecule has 1 aromatic carbocycles. The molecule has 1 saturated heterocycles. The molecule has 0 N–H and O–H groups in total. The first-order valence-corrected chi connectivity index (χ1v) is 8.84. The van der Waals surface area contributed by atoms with Gasteiger partial charge < -0.3 is 9.15 Å². The van der Waals surface area contributed by atoms with Crippen LogP contribution in [0.4, 0.5) is 0 Å². The normalized spacial score (nSPS) is 19.4. The number of aromatic nitrogens is 2. The lowest BCUT2D eigenvalue weighted by molar-refractivity contribution is -0.0303. The SMILES string of the molecule is c1ccc2oc(CCCN3CCOC(c4nccs4)C3)nc2c1. The molecule has 120 valence electrons. The van der Waals surface area contributed by atoms with Crippen molar-refractivity contribution in [2.75, 3.05) is 26.2 Å². The molecule has 2 aromatic heterocycles. The van der Waals surface area contributed by atoms with Crippen LogP contribution in [0.15, 0.2) is 40.3 Å². The van der Waals surface area contributed by atoms with E-state index in [1.54, 1.807) is 11.3 Å². The minimum atomic E-state index is 0.119. The Morgan fingerprint density at radius 2 is 2.26 bits per heavy atom. The predicted molar refractivity (Wildman–Crippen MR) is 89.6 cm³/mol. The Morgan fingerprint density at radius 3 is 3.13 bits per heavy atom. The quantitative estimate of drug-likeness (QED) is 0.719. The van der Waals surface area contributed by atoms with E-state index in [0.717, 1.165) is 61.1 Å². The number of nitrogens with zero attached hydrogens (tertiary/aromatic N) is 3. The van der Waals surface area contributed by atoms with E-state index < -0.39 is 0 Å². The summed E-state index contributed by atoms with van der Waals surface area (Å²) in [5.41, 5.74) is 1.82. The molecule has 0 radical (unpaired) electrons. The van der Waals surface area contributed by atoms with E-state index in [0.29, 0.717) is 0 Å². The van der Waals surface area contributed by atoms with E-state index >= 15 is 0 Å². The molecule has 1 aliphatic heterocycles. The highest BCUT2D eigenvalue weighted by molar-refractivity contribution is 7.09. The topological polar surface area (TPSA) is 51.4 Å². The predicted octanol–water partition coefficient (Wildman–Crippen LogP) is 3.29. The zero-order valence-corrected chi connectivity index (χ0v) is 13.7. The van der Waals surface area contributed by atoms with Gasteiger partial charge in [-0.2, -0.15) is 0 Å². The summed E-state index contributed by atoms with van der Waals surface area (Å²) in [5.74, 6) is 0.830. The van der Waals surface area contributed by atoms with Gasteiger partial charge in [-0.25, -0.2) is 9.97 Å². The minimum Gasteiger partial charge on any atom is -0.441 e. The number of hydrogen-bond donors (Lipinski definition) is 0. The lowest BCUT2D eigenvalue weighted by Crippen LogP contribution is -2.38. The molecule has 6 heteroatoms.